The summed E-state index contributed by atoms with van der Waals surface area (Å²) < 4.78 is 0. The van der Waals surface area contributed by atoms with E-state index in [-0.39, 0.29) is 11.9 Å². The first-order valence-electron chi connectivity index (χ1n) is 6.27. The van der Waals surface area contributed by atoms with Crippen molar-refractivity contribution in [1.82, 2.24) is 5.32 Å². The van der Waals surface area contributed by atoms with Gasteiger partial charge in [0, 0.05) is 6.04 Å². The van der Waals surface area contributed by atoms with E-state index in [1.807, 2.05) is 6.26 Å². The summed E-state index contributed by atoms with van der Waals surface area (Å²) >= 11 is 1.74. The highest BCUT2D eigenvalue weighted by molar-refractivity contribution is 7.98. The van der Waals surface area contributed by atoms with E-state index in [4.69, 9.17) is 5.73 Å². The molecular formula is C12H22N2OS. The fourth-order valence-electron chi connectivity index (χ4n) is 2.18. The number of rotatable bonds is 7. The maximum atomic E-state index is 11.9. The molecule has 0 aromatic carbocycles. The Morgan fingerprint density at radius 2 is 1.94 bits per heavy atom. The zero-order valence-corrected chi connectivity index (χ0v) is 10.8. The van der Waals surface area contributed by atoms with Crippen LogP contribution in [-0.4, -0.2) is 30.0 Å². The van der Waals surface area contributed by atoms with Crippen molar-refractivity contribution >= 4 is 17.7 Å². The normalized spacial score (nSPS) is 22.2. The van der Waals surface area contributed by atoms with Crippen molar-refractivity contribution in [3.8, 4) is 0 Å². The van der Waals surface area contributed by atoms with Gasteiger partial charge in [0.2, 0.25) is 5.91 Å². The molecular weight excluding hydrogens is 220 g/mol. The molecule has 0 saturated heterocycles. The number of nitrogens with one attached hydrogen (secondary N) is 1. The van der Waals surface area contributed by atoms with Gasteiger partial charge >= 0.3 is 0 Å². The van der Waals surface area contributed by atoms with Gasteiger partial charge in [-0.25, -0.2) is 0 Å². The van der Waals surface area contributed by atoms with Crippen molar-refractivity contribution in [2.24, 2.45) is 17.6 Å². The van der Waals surface area contributed by atoms with E-state index in [9.17, 15) is 4.79 Å². The van der Waals surface area contributed by atoms with Crippen molar-refractivity contribution in [2.75, 3.05) is 12.0 Å². The van der Waals surface area contributed by atoms with Gasteiger partial charge in [-0.2, -0.15) is 11.8 Å². The third kappa shape index (κ3) is 3.39. The molecule has 0 radical (unpaired) electrons. The van der Waals surface area contributed by atoms with Crippen LogP contribution in [0.1, 0.15) is 32.1 Å². The van der Waals surface area contributed by atoms with Crippen molar-refractivity contribution < 1.29 is 4.79 Å². The highest BCUT2D eigenvalue weighted by Gasteiger charge is 2.42. The molecule has 2 aliphatic carbocycles. The van der Waals surface area contributed by atoms with Crippen LogP contribution in [0.2, 0.25) is 0 Å². The predicted octanol–water partition coefficient (Wildman–Crippen LogP) is 1.37. The number of hydrogen-bond acceptors (Lipinski definition) is 3. The molecule has 0 aromatic rings. The molecule has 0 bridgehead atoms. The topological polar surface area (TPSA) is 55.1 Å². The van der Waals surface area contributed by atoms with Gasteiger partial charge in [0.05, 0.1) is 6.04 Å². The minimum Gasteiger partial charge on any atom is -0.351 e. The standard InChI is InChI=1S/C12H22N2OS/c1-16-7-6-10(13)12(15)14-11(8-2-3-8)9-4-5-9/h8-11H,2-7,13H2,1H3,(H,14,15)/t10-/m0/s1. The SMILES string of the molecule is CSCC[C@H](N)C(=O)NC(C1CC1)C1CC1. The van der Waals surface area contributed by atoms with Gasteiger partial charge in [0.15, 0.2) is 0 Å². The third-order valence-corrected chi connectivity index (χ3v) is 4.18. The summed E-state index contributed by atoms with van der Waals surface area (Å²) in [4.78, 5) is 11.9. The van der Waals surface area contributed by atoms with Crippen LogP contribution in [0.15, 0.2) is 0 Å². The summed E-state index contributed by atoms with van der Waals surface area (Å²) in [5.41, 5.74) is 5.87. The smallest absolute Gasteiger partial charge is 0.237 e. The lowest BCUT2D eigenvalue weighted by Crippen LogP contribution is -2.47. The van der Waals surface area contributed by atoms with E-state index >= 15 is 0 Å². The number of carbonyl (C=O) groups excluding carboxylic acids is 1. The molecule has 0 aromatic heterocycles. The molecule has 0 spiro atoms. The second-order valence-electron chi connectivity index (χ2n) is 5.10. The van der Waals surface area contributed by atoms with Crippen molar-refractivity contribution in [2.45, 2.75) is 44.2 Å². The number of thioether (sulfide) groups is 1. The third-order valence-electron chi connectivity index (χ3n) is 3.54. The number of hydrogen-bond donors (Lipinski definition) is 2. The largest absolute Gasteiger partial charge is 0.351 e. The maximum Gasteiger partial charge on any atom is 0.237 e. The molecule has 2 rings (SSSR count). The van der Waals surface area contributed by atoms with E-state index < -0.39 is 0 Å². The van der Waals surface area contributed by atoms with Gasteiger partial charge in [0.25, 0.3) is 0 Å². The quantitative estimate of drug-likeness (QED) is 0.709. The van der Waals surface area contributed by atoms with E-state index in [0.29, 0.717) is 6.04 Å². The molecule has 92 valence electrons. The summed E-state index contributed by atoms with van der Waals surface area (Å²) in [5.74, 6) is 2.54. The van der Waals surface area contributed by atoms with Crippen LogP contribution >= 0.6 is 11.8 Å². The number of nitrogens with two attached hydrogens (primary N) is 1. The molecule has 0 heterocycles. The highest BCUT2D eigenvalue weighted by Crippen LogP contribution is 2.44. The average Bonchev–Trinajstić information content (AvgIpc) is 3.15. The minimum absolute atomic E-state index is 0.0675. The van der Waals surface area contributed by atoms with Crippen LogP contribution in [0, 0.1) is 11.8 Å². The second-order valence-corrected chi connectivity index (χ2v) is 6.08. The molecule has 2 aliphatic rings. The van der Waals surface area contributed by atoms with Crippen molar-refractivity contribution in [3.63, 3.8) is 0 Å². The first-order chi connectivity index (χ1) is 7.72. The van der Waals surface area contributed by atoms with E-state index in [1.54, 1.807) is 11.8 Å². The lowest BCUT2D eigenvalue weighted by Gasteiger charge is -2.20. The van der Waals surface area contributed by atoms with Crippen molar-refractivity contribution in [1.29, 1.82) is 0 Å². The van der Waals surface area contributed by atoms with E-state index in [1.165, 1.54) is 25.7 Å². The van der Waals surface area contributed by atoms with Gasteiger partial charge in [-0.1, -0.05) is 0 Å². The Labute approximate surface area is 102 Å². The molecule has 4 heteroatoms. The van der Waals surface area contributed by atoms with Crippen LogP contribution in [0.3, 0.4) is 0 Å². The Bertz CT molecular complexity index is 239. The fraction of sp³-hybridized carbons (Fsp3) is 0.917. The number of carbonyl (C=O) groups is 1. The lowest BCUT2D eigenvalue weighted by atomic mass is 10.1. The first kappa shape index (κ1) is 12.2. The Hall–Kier alpha value is -0.220. The molecule has 16 heavy (non-hydrogen) atoms. The van der Waals surface area contributed by atoms with Crippen LogP contribution in [0.25, 0.3) is 0 Å². The molecule has 2 saturated carbocycles. The Morgan fingerprint density at radius 3 is 2.38 bits per heavy atom. The van der Waals surface area contributed by atoms with E-state index in [0.717, 1.165) is 24.0 Å². The van der Waals surface area contributed by atoms with Crippen LogP contribution in [-0.2, 0) is 4.79 Å². The minimum atomic E-state index is -0.313. The van der Waals surface area contributed by atoms with E-state index in [2.05, 4.69) is 5.32 Å². The maximum absolute atomic E-state index is 11.9. The summed E-state index contributed by atoms with van der Waals surface area (Å²) in [6, 6.07) is 0.125. The highest BCUT2D eigenvalue weighted by atomic mass is 32.2. The molecule has 2 fully saturated rings. The second kappa shape index (κ2) is 5.41. The molecule has 1 amide bonds. The average molecular weight is 242 g/mol. The Morgan fingerprint density at radius 1 is 1.38 bits per heavy atom. The predicted molar refractivity (Wildman–Crippen MR) is 68.4 cm³/mol. The van der Waals surface area contributed by atoms with Gasteiger partial charge in [-0.15, -0.1) is 0 Å². The molecule has 3 nitrogen and oxygen atoms in total. The summed E-state index contributed by atoms with van der Waals surface area (Å²) in [5, 5.41) is 3.18. The molecule has 0 unspecified atom stereocenters. The van der Waals surface area contributed by atoms with Gasteiger partial charge in [0.1, 0.15) is 0 Å². The molecule has 0 aliphatic heterocycles. The Balaban J connectivity index is 1.75. The fourth-order valence-corrected chi connectivity index (χ4v) is 2.67. The monoisotopic (exact) mass is 242 g/mol. The van der Waals surface area contributed by atoms with Crippen LogP contribution in [0.4, 0.5) is 0 Å². The van der Waals surface area contributed by atoms with Crippen LogP contribution < -0.4 is 11.1 Å². The summed E-state index contributed by atoms with van der Waals surface area (Å²) in [7, 11) is 0. The summed E-state index contributed by atoms with van der Waals surface area (Å²) in [6.45, 7) is 0. The molecule has 3 N–H and O–H groups in total. The van der Waals surface area contributed by atoms with Gasteiger partial charge in [-0.05, 0) is 55.9 Å². The lowest BCUT2D eigenvalue weighted by molar-refractivity contribution is -0.123. The zero-order chi connectivity index (χ0) is 11.5. The Kier molecular flexibility index (Phi) is 4.14. The summed E-state index contributed by atoms with van der Waals surface area (Å²) in [6.07, 6.45) is 8.00. The number of amides is 1. The zero-order valence-electron chi connectivity index (χ0n) is 9.95. The van der Waals surface area contributed by atoms with Gasteiger partial charge in [-0.3, -0.25) is 4.79 Å². The van der Waals surface area contributed by atoms with Gasteiger partial charge < -0.3 is 11.1 Å². The first-order valence-corrected chi connectivity index (χ1v) is 7.66. The van der Waals surface area contributed by atoms with Crippen molar-refractivity contribution in [3.05, 3.63) is 0 Å². The van der Waals surface area contributed by atoms with Crippen LogP contribution in [0.5, 0.6) is 0 Å². The molecule has 1 atom stereocenters.